The van der Waals surface area contributed by atoms with Gasteiger partial charge in [-0.3, -0.25) is 0 Å². The van der Waals surface area contributed by atoms with Gasteiger partial charge in [0.15, 0.2) is 0 Å². The molecule has 3 aromatic rings. The topological polar surface area (TPSA) is 107 Å². The molecule has 1 aromatic heterocycles. The average Bonchev–Trinajstić information content (AvgIpc) is 3.05. The average molecular weight is 359 g/mol. The van der Waals surface area contributed by atoms with Crippen molar-refractivity contribution in [1.82, 2.24) is 9.78 Å². The highest BCUT2D eigenvalue weighted by Crippen LogP contribution is 2.27. The van der Waals surface area contributed by atoms with Crippen molar-refractivity contribution in [3.05, 3.63) is 60.3 Å². The summed E-state index contributed by atoms with van der Waals surface area (Å²) in [5.41, 5.74) is 2.73. The molecule has 0 fully saturated rings. The number of primary sulfonamides is 1. The number of sulfonamides is 1. The van der Waals surface area contributed by atoms with E-state index >= 15 is 0 Å². The number of ether oxygens (including phenoxy) is 1. The number of hydrogen-bond donors (Lipinski definition) is 2. The first kappa shape index (κ1) is 17.2. The molecular formula is C17H17N3O4S. The molecule has 0 atom stereocenters. The Bertz CT molecular complexity index is 995. The van der Waals surface area contributed by atoms with Gasteiger partial charge in [-0.25, -0.2) is 18.2 Å². The first-order chi connectivity index (χ1) is 11.9. The predicted molar refractivity (Wildman–Crippen MR) is 92.8 cm³/mol. The van der Waals surface area contributed by atoms with E-state index in [0.717, 1.165) is 11.3 Å². The van der Waals surface area contributed by atoms with Crippen LogP contribution >= 0.6 is 0 Å². The highest BCUT2D eigenvalue weighted by Gasteiger charge is 2.13. The molecule has 0 saturated carbocycles. The molecule has 0 saturated heterocycles. The van der Waals surface area contributed by atoms with Crippen molar-refractivity contribution >= 4 is 10.0 Å². The molecule has 0 unspecified atom stereocenters. The number of hydrogen-bond acceptors (Lipinski definition) is 5. The van der Waals surface area contributed by atoms with Crippen molar-refractivity contribution in [1.29, 1.82) is 0 Å². The summed E-state index contributed by atoms with van der Waals surface area (Å²) in [5.74, 6) is 0.695. The van der Waals surface area contributed by atoms with Crippen molar-refractivity contribution in [3.8, 4) is 22.7 Å². The minimum atomic E-state index is -3.76. The largest absolute Gasteiger partial charge is 0.497 e. The fraction of sp³-hybridized carbons (Fsp3) is 0.118. The predicted octanol–water partition coefficient (Wildman–Crippen LogP) is 1.69. The number of aliphatic hydroxyl groups excluding tert-OH is 1. The Morgan fingerprint density at radius 2 is 1.88 bits per heavy atom. The molecule has 0 spiro atoms. The number of aromatic nitrogens is 2. The second-order valence-corrected chi connectivity index (χ2v) is 6.92. The molecule has 3 rings (SSSR count). The molecule has 7 nitrogen and oxygen atoms in total. The minimum absolute atomic E-state index is 0.0220. The van der Waals surface area contributed by atoms with Gasteiger partial charge in [0.25, 0.3) is 0 Å². The van der Waals surface area contributed by atoms with Crippen LogP contribution in [0.25, 0.3) is 16.9 Å². The second kappa shape index (κ2) is 6.67. The summed E-state index contributed by atoms with van der Waals surface area (Å²) >= 11 is 0. The summed E-state index contributed by atoms with van der Waals surface area (Å²) in [6, 6.07) is 15.3. The van der Waals surface area contributed by atoms with Crippen LogP contribution < -0.4 is 9.88 Å². The number of nitrogens with zero attached hydrogens (tertiary/aromatic N) is 2. The van der Waals surface area contributed by atoms with Gasteiger partial charge in [-0.1, -0.05) is 12.1 Å². The molecule has 3 N–H and O–H groups in total. The lowest BCUT2D eigenvalue weighted by molar-refractivity contribution is 0.276. The summed E-state index contributed by atoms with van der Waals surface area (Å²) in [4.78, 5) is 0.0220. The molecule has 0 aliphatic heterocycles. The van der Waals surface area contributed by atoms with Crippen LogP contribution in [0, 0.1) is 0 Å². The number of rotatable bonds is 5. The van der Waals surface area contributed by atoms with Gasteiger partial charge in [-0.2, -0.15) is 5.10 Å². The quantitative estimate of drug-likeness (QED) is 0.721. The molecule has 2 aromatic carbocycles. The highest BCUT2D eigenvalue weighted by molar-refractivity contribution is 7.89. The van der Waals surface area contributed by atoms with E-state index in [1.54, 1.807) is 30.0 Å². The zero-order valence-corrected chi connectivity index (χ0v) is 14.3. The standard InChI is InChI=1S/C17H17N3O4S/c1-24-15-4-2-3-12(9-15)17-10-13(11-21)19-20(17)14-5-7-16(8-6-14)25(18,22)23/h2-10,21H,11H2,1H3,(H2,18,22,23). The van der Waals surface area contributed by atoms with Crippen molar-refractivity contribution in [2.24, 2.45) is 5.14 Å². The van der Waals surface area contributed by atoms with Crippen LogP contribution in [0.3, 0.4) is 0 Å². The lowest BCUT2D eigenvalue weighted by Gasteiger charge is -2.09. The van der Waals surface area contributed by atoms with E-state index < -0.39 is 10.0 Å². The van der Waals surface area contributed by atoms with Crippen LogP contribution in [-0.4, -0.2) is 30.4 Å². The van der Waals surface area contributed by atoms with Crippen LogP contribution in [-0.2, 0) is 16.6 Å². The Morgan fingerprint density at radius 3 is 2.48 bits per heavy atom. The van der Waals surface area contributed by atoms with E-state index in [0.29, 0.717) is 17.1 Å². The molecule has 130 valence electrons. The molecule has 0 aliphatic rings. The lowest BCUT2D eigenvalue weighted by Crippen LogP contribution is -2.12. The van der Waals surface area contributed by atoms with Gasteiger partial charge in [0.2, 0.25) is 10.0 Å². The Hall–Kier alpha value is -2.68. The molecule has 0 radical (unpaired) electrons. The number of methoxy groups -OCH3 is 1. The Morgan fingerprint density at radius 1 is 1.16 bits per heavy atom. The summed E-state index contributed by atoms with van der Waals surface area (Å²) in [6.45, 7) is -0.209. The second-order valence-electron chi connectivity index (χ2n) is 5.36. The van der Waals surface area contributed by atoms with Gasteiger partial charge >= 0.3 is 0 Å². The SMILES string of the molecule is COc1cccc(-c2cc(CO)nn2-c2ccc(S(N)(=O)=O)cc2)c1. The Labute approximate surface area is 145 Å². The molecule has 0 bridgehead atoms. The fourth-order valence-electron chi connectivity index (χ4n) is 2.47. The van der Waals surface area contributed by atoms with Crippen molar-refractivity contribution < 1.29 is 18.3 Å². The van der Waals surface area contributed by atoms with Crippen LogP contribution in [0.2, 0.25) is 0 Å². The molecule has 0 aliphatic carbocycles. The monoisotopic (exact) mass is 359 g/mol. The van der Waals surface area contributed by atoms with E-state index in [1.807, 2.05) is 24.3 Å². The maximum atomic E-state index is 11.4. The van der Waals surface area contributed by atoms with Gasteiger partial charge in [0, 0.05) is 5.56 Å². The van der Waals surface area contributed by atoms with Crippen LogP contribution in [0.5, 0.6) is 5.75 Å². The maximum Gasteiger partial charge on any atom is 0.238 e. The van der Waals surface area contributed by atoms with Gasteiger partial charge in [0.1, 0.15) is 5.75 Å². The molecule has 0 amide bonds. The van der Waals surface area contributed by atoms with E-state index in [-0.39, 0.29) is 11.5 Å². The zero-order valence-electron chi connectivity index (χ0n) is 13.5. The summed E-state index contributed by atoms with van der Waals surface area (Å²) in [7, 11) is -2.17. The van der Waals surface area contributed by atoms with Crippen LogP contribution in [0.15, 0.2) is 59.5 Å². The van der Waals surface area contributed by atoms with E-state index in [9.17, 15) is 13.5 Å². The first-order valence-corrected chi connectivity index (χ1v) is 8.94. The van der Waals surface area contributed by atoms with Gasteiger partial charge in [0.05, 0.1) is 35.7 Å². The molecular weight excluding hydrogens is 342 g/mol. The lowest BCUT2D eigenvalue weighted by atomic mass is 10.1. The summed E-state index contributed by atoms with van der Waals surface area (Å²) in [6.07, 6.45) is 0. The Balaban J connectivity index is 2.11. The third-order valence-corrected chi connectivity index (χ3v) is 4.63. The van der Waals surface area contributed by atoms with E-state index in [1.165, 1.54) is 12.1 Å². The third kappa shape index (κ3) is 3.55. The molecule has 25 heavy (non-hydrogen) atoms. The van der Waals surface area contributed by atoms with Gasteiger partial charge in [-0.05, 0) is 42.5 Å². The third-order valence-electron chi connectivity index (χ3n) is 3.70. The number of nitrogens with two attached hydrogens (primary N) is 1. The van der Waals surface area contributed by atoms with Gasteiger partial charge in [-0.15, -0.1) is 0 Å². The van der Waals surface area contributed by atoms with Crippen molar-refractivity contribution in [2.45, 2.75) is 11.5 Å². The van der Waals surface area contributed by atoms with Crippen LogP contribution in [0.4, 0.5) is 0 Å². The zero-order chi connectivity index (χ0) is 18.0. The molecule has 8 heteroatoms. The smallest absolute Gasteiger partial charge is 0.238 e. The van der Waals surface area contributed by atoms with Gasteiger partial charge < -0.3 is 9.84 Å². The first-order valence-electron chi connectivity index (χ1n) is 7.40. The van der Waals surface area contributed by atoms with Crippen molar-refractivity contribution in [3.63, 3.8) is 0 Å². The highest BCUT2D eigenvalue weighted by atomic mass is 32.2. The summed E-state index contributed by atoms with van der Waals surface area (Å²) in [5, 5.41) is 18.9. The number of benzene rings is 2. The summed E-state index contributed by atoms with van der Waals surface area (Å²) < 4.78 is 29.7. The van der Waals surface area contributed by atoms with E-state index in [2.05, 4.69) is 5.10 Å². The fourth-order valence-corrected chi connectivity index (χ4v) is 2.98. The van der Waals surface area contributed by atoms with Crippen LogP contribution in [0.1, 0.15) is 5.69 Å². The van der Waals surface area contributed by atoms with Crippen molar-refractivity contribution in [2.75, 3.05) is 7.11 Å². The van der Waals surface area contributed by atoms with E-state index in [4.69, 9.17) is 9.88 Å². The normalized spacial score (nSPS) is 11.5. The minimum Gasteiger partial charge on any atom is -0.497 e. The Kier molecular flexibility index (Phi) is 4.58. The number of aliphatic hydroxyl groups is 1. The molecule has 1 heterocycles. The maximum absolute atomic E-state index is 11.4.